The molecular formula is C18H19ClFNO2. The lowest BCUT2D eigenvalue weighted by atomic mass is 9.98. The highest BCUT2D eigenvalue weighted by atomic mass is 35.5. The molecule has 2 aromatic carbocycles. The van der Waals surface area contributed by atoms with Crippen LogP contribution in [0.25, 0.3) is 0 Å². The van der Waals surface area contributed by atoms with Gasteiger partial charge in [0, 0.05) is 11.8 Å². The molecule has 0 aliphatic carbocycles. The molecule has 3 nitrogen and oxygen atoms in total. The van der Waals surface area contributed by atoms with Crippen molar-refractivity contribution in [2.45, 2.75) is 26.7 Å². The third-order valence-corrected chi connectivity index (χ3v) is 3.74. The van der Waals surface area contributed by atoms with Gasteiger partial charge < -0.3 is 10.1 Å². The summed E-state index contributed by atoms with van der Waals surface area (Å²) in [6.07, 6.45) is 0. The van der Waals surface area contributed by atoms with Crippen LogP contribution in [0.3, 0.4) is 0 Å². The van der Waals surface area contributed by atoms with Gasteiger partial charge in [0.2, 0.25) is 0 Å². The zero-order valence-electron chi connectivity index (χ0n) is 13.3. The molecule has 122 valence electrons. The van der Waals surface area contributed by atoms with Crippen LogP contribution in [0.15, 0.2) is 36.4 Å². The summed E-state index contributed by atoms with van der Waals surface area (Å²) in [5, 5.41) is 2.85. The number of hydrogen-bond acceptors (Lipinski definition) is 2. The first-order valence-electron chi connectivity index (χ1n) is 7.35. The Labute approximate surface area is 140 Å². The van der Waals surface area contributed by atoms with E-state index < -0.39 is 5.82 Å². The van der Waals surface area contributed by atoms with Crippen LogP contribution >= 0.6 is 11.6 Å². The fraction of sp³-hybridized carbons (Fsp3) is 0.278. The normalized spacial score (nSPS) is 10.7. The second-order valence-electron chi connectivity index (χ2n) is 5.61. The van der Waals surface area contributed by atoms with Gasteiger partial charge in [-0.1, -0.05) is 43.6 Å². The smallest absolute Gasteiger partial charge is 0.262 e. The maximum absolute atomic E-state index is 13.1. The van der Waals surface area contributed by atoms with Gasteiger partial charge in [0.05, 0.1) is 5.02 Å². The van der Waals surface area contributed by atoms with Gasteiger partial charge >= 0.3 is 0 Å². The second-order valence-corrected chi connectivity index (χ2v) is 6.01. The van der Waals surface area contributed by atoms with E-state index in [-0.39, 0.29) is 17.5 Å². The van der Waals surface area contributed by atoms with Crippen molar-refractivity contribution in [1.29, 1.82) is 0 Å². The Bertz CT molecular complexity index is 716. The van der Waals surface area contributed by atoms with Crippen molar-refractivity contribution in [3.8, 4) is 5.75 Å². The minimum atomic E-state index is -0.523. The SMILES string of the molecule is Cc1cccc(C(C)C)c1NC(=O)COc1ccc(F)c(Cl)c1. The van der Waals surface area contributed by atoms with Gasteiger partial charge in [-0.25, -0.2) is 4.39 Å². The van der Waals surface area contributed by atoms with Crippen LogP contribution in [0.4, 0.5) is 10.1 Å². The van der Waals surface area contributed by atoms with Gasteiger partial charge in [-0.3, -0.25) is 4.79 Å². The predicted molar refractivity (Wildman–Crippen MR) is 90.8 cm³/mol. The van der Waals surface area contributed by atoms with Crippen molar-refractivity contribution in [2.75, 3.05) is 11.9 Å². The molecule has 0 saturated carbocycles. The molecule has 0 aromatic heterocycles. The highest BCUT2D eigenvalue weighted by Gasteiger charge is 2.12. The minimum Gasteiger partial charge on any atom is -0.484 e. The average Bonchev–Trinajstić information content (AvgIpc) is 2.50. The third-order valence-electron chi connectivity index (χ3n) is 3.45. The number of carbonyl (C=O) groups is 1. The number of anilines is 1. The number of para-hydroxylation sites is 1. The van der Waals surface area contributed by atoms with Gasteiger partial charge in [-0.05, 0) is 36.1 Å². The molecule has 1 N–H and O–H groups in total. The summed E-state index contributed by atoms with van der Waals surface area (Å²) in [6.45, 7) is 5.92. The van der Waals surface area contributed by atoms with Crippen LogP contribution in [-0.2, 0) is 4.79 Å². The fourth-order valence-corrected chi connectivity index (χ4v) is 2.40. The van der Waals surface area contributed by atoms with E-state index in [9.17, 15) is 9.18 Å². The molecule has 0 heterocycles. The Balaban J connectivity index is 2.04. The lowest BCUT2D eigenvalue weighted by Gasteiger charge is -2.16. The highest BCUT2D eigenvalue weighted by molar-refractivity contribution is 6.30. The fourth-order valence-electron chi connectivity index (χ4n) is 2.23. The second kappa shape index (κ2) is 7.47. The molecule has 2 aromatic rings. The molecule has 0 aliphatic rings. The standard InChI is InChI=1S/C18H19ClFNO2/c1-11(2)14-6-4-5-12(3)18(14)21-17(22)10-23-13-7-8-16(20)15(19)9-13/h4-9,11H,10H2,1-3H3,(H,21,22). The number of ether oxygens (including phenoxy) is 1. The predicted octanol–water partition coefficient (Wildman–Crippen LogP) is 4.93. The van der Waals surface area contributed by atoms with Gasteiger partial charge in [0.25, 0.3) is 5.91 Å². The summed E-state index contributed by atoms with van der Waals surface area (Å²) in [6, 6.07) is 9.89. The van der Waals surface area contributed by atoms with E-state index in [0.29, 0.717) is 11.7 Å². The van der Waals surface area contributed by atoms with E-state index in [1.807, 2.05) is 25.1 Å². The number of aryl methyl sites for hydroxylation is 1. The van der Waals surface area contributed by atoms with Gasteiger partial charge in [-0.15, -0.1) is 0 Å². The molecule has 0 unspecified atom stereocenters. The molecule has 0 fully saturated rings. The molecular weight excluding hydrogens is 317 g/mol. The quantitative estimate of drug-likeness (QED) is 0.841. The number of hydrogen-bond donors (Lipinski definition) is 1. The molecule has 2 rings (SSSR count). The Morgan fingerprint density at radius 1 is 1.30 bits per heavy atom. The average molecular weight is 336 g/mol. The maximum atomic E-state index is 13.1. The summed E-state index contributed by atoms with van der Waals surface area (Å²) >= 11 is 5.68. The molecule has 0 radical (unpaired) electrons. The Morgan fingerprint density at radius 3 is 2.70 bits per heavy atom. The van der Waals surface area contributed by atoms with E-state index in [4.69, 9.17) is 16.3 Å². The van der Waals surface area contributed by atoms with E-state index in [1.165, 1.54) is 18.2 Å². The Hall–Kier alpha value is -2.07. The Morgan fingerprint density at radius 2 is 2.04 bits per heavy atom. The van der Waals surface area contributed by atoms with E-state index in [0.717, 1.165) is 16.8 Å². The van der Waals surface area contributed by atoms with Crippen molar-refractivity contribution in [3.63, 3.8) is 0 Å². The van der Waals surface area contributed by atoms with Crippen LogP contribution in [0.1, 0.15) is 30.9 Å². The van der Waals surface area contributed by atoms with Crippen LogP contribution in [0.5, 0.6) is 5.75 Å². The molecule has 0 saturated heterocycles. The first-order chi connectivity index (χ1) is 10.9. The summed E-state index contributed by atoms with van der Waals surface area (Å²) in [7, 11) is 0. The summed E-state index contributed by atoms with van der Waals surface area (Å²) < 4.78 is 18.4. The van der Waals surface area contributed by atoms with E-state index in [2.05, 4.69) is 19.2 Å². The Kier molecular flexibility index (Phi) is 5.61. The van der Waals surface area contributed by atoms with Crippen LogP contribution in [0, 0.1) is 12.7 Å². The van der Waals surface area contributed by atoms with E-state index in [1.54, 1.807) is 0 Å². The number of rotatable bonds is 5. The summed E-state index contributed by atoms with van der Waals surface area (Å²) in [5.74, 6) is -0.158. The monoisotopic (exact) mass is 335 g/mol. The van der Waals surface area contributed by atoms with Crippen molar-refractivity contribution >= 4 is 23.2 Å². The largest absolute Gasteiger partial charge is 0.484 e. The van der Waals surface area contributed by atoms with E-state index >= 15 is 0 Å². The topological polar surface area (TPSA) is 38.3 Å². The van der Waals surface area contributed by atoms with Crippen LogP contribution in [-0.4, -0.2) is 12.5 Å². The molecule has 0 bridgehead atoms. The van der Waals surface area contributed by atoms with Gasteiger partial charge in [0.15, 0.2) is 6.61 Å². The zero-order valence-corrected chi connectivity index (χ0v) is 14.1. The summed E-state index contributed by atoms with van der Waals surface area (Å²) in [4.78, 5) is 12.1. The van der Waals surface area contributed by atoms with Crippen molar-refractivity contribution in [1.82, 2.24) is 0 Å². The molecule has 0 aliphatic heterocycles. The first kappa shape index (κ1) is 17.3. The molecule has 1 amide bonds. The van der Waals surface area contributed by atoms with Crippen LogP contribution < -0.4 is 10.1 Å². The van der Waals surface area contributed by atoms with Crippen molar-refractivity contribution in [3.05, 3.63) is 58.4 Å². The van der Waals surface area contributed by atoms with Gasteiger partial charge in [-0.2, -0.15) is 0 Å². The zero-order chi connectivity index (χ0) is 17.0. The lowest BCUT2D eigenvalue weighted by Crippen LogP contribution is -2.21. The molecule has 5 heteroatoms. The molecule has 0 atom stereocenters. The van der Waals surface area contributed by atoms with Crippen molar-refractivity contribution in [2.24, 2.45) is 0 Å². The lowest BCUT2D eigenvalue weighted by molar-refractivity contribution is -0.118. The van der Waals surface area contributed by atoms with Crippen molar-refractivity contribution < 1.29 is 13.9 Å². The summed E-state index contributed by atoms with van der Waals surface area (Å²) in [5.41, 5.74) is 2.88. The first-order valence-corrected chi connectivity index (χ1v) is 7.73. The highest BCUT2D eigenvalue weighted by Crippen LogP contribution is 2.27. The molecule has 0 spiro atoms. The minimum absolute atomic E-state index is 0.0380. The number of carbonyl (C=O) groups excluding carboxylic acids is 1. The van der Waals surface area contributed by atoms with Gasteiger partial charge in [0.1, 0.15) is 11.6 Å². The van der Waals surface area contributed by atoms with Crippen LogP contribution in [0.2, 0.25) is 5.02 Å². The number of amides is 1. The number of halogens is 2. The maximum Gasteiger partial charge on any atom is 0.262 e. The molecule has 23 heavy (non-hydrogen) atoms. The number of benzene rings is 2. The third kappa shape index (κ3) is 4.45. The number of nitrogens with one attached hydrogen (secondary N) is 1.